The van der Waals surface area contributed by atoms with Crippen molar-refractivity contribution < 1.29 is 28.2 Å². The van der Waals surface area contributed by atoms with E-state index in [-0.39, 0.29) is 18.8 Å². The summed E-state index contributed by atoms with van der Waals surface area (Å²) in [5, 5.41) is 13.7. The summed E-state index contributed by atoms with van der Waals surface area (Å²) in [5.41, 5.74) is -1.55. The number of ether oxygens (including phenoxy) is 1. The van der Waals surface area contributed by atoms with Crippen molar-refractivity contribution in [3.05, 3.63) is 29.3 Å². The van der Waals surface area contributed by atoms with Crippen LogP contribution in [0.25, 0.3) is 0 Å². The normalized spacial score (nSPS) is 11.0. The fraction of sp³-hybridized carbons (Fsp3) is 0.429. The fourth-order valence-electron chi connectivity index (χ4n) is 1.53. The predicted octanol–water partition coefficient (Wildman–Crippen LogP) is 2.60. The molecule has 122 valence electrons. The highest BCUT2D eigenvalue weighted by Crippen LogP contribution is 2.20. The molecule has 0 aliphatic carbocycles. The van der Waals surface area contributed by atoms with Crippen molar-refractivity contribution in [3.8, 4) is 0 Å². The molecule has 1 rings (SSSR count). The lowest BCUT2D eigenvalue weighted by atomic mass is 10.2. The Morgan fingerprint density at radius 2 is 1.82 bits per heavy atom. The molecule has 0 bridgehead atoms. The van der Waals surface area contributed by atoms with Crippen LogP contribution in [-0.4, -0.2) is 35.9 Å². The number of nitrogens with one attached hydrogen (secondary N) is 2. The van der Waals surface area contributed by atoms with Crippen LogP contribution in [0.4, 0.5) is 19.3 Å². The summed E-state index contributed by atoms with van der Waals surface area (Å²) in [6.45, 7) is 5.38. The van der Waals surface area contributed by atoms with E-state index in [1.54, 1.807) is 20.8 Å². The van der Waals surface area contributed by atoms with Crippen LogP contribution in [0.15, 0.2) is 12.1 Å². The predicted molar refractivity (Wildman–Crippen MR) is 76.0 cm³/mol. The van der Waals surface area contributed by atoms with Gasteiger partial charge in [-0.3, -0.25) is 0 Å². The van der Waals surface area contributed by atoms with Gasteiger partial charge in [0.15, 0.2) is 11.6 Å². The number of alkyl carbamates (subject to hydrolysis) is 1. The maximum atomic E-state index is 13.6. The van der Waals surface area contributed by atoms with Crippen LogP contribution >= 0.6 is 0 Å². The first-order chi connectivity index (χ1) is 10.1. The topological polar surface area (TPSA) is 87.7 Å². The number of carboxylic acids is 1. The zero-order chi connectivity index (χ0) is 16.9. The van der Waals surface area contributed by atoms with E-state index in [2.05, 4.69) is 10.6 Å². The zero-order valence-electron chi connectivity index (χ0n) is 12.5. The minimum atomic E-state index is -1.55. The Morgan fingerprint density at radius 3 is 2.36 bits per heavy atom. The molecule has 1 aromatic carbocycles. The van der Waals surface area contributed by atoms with Gasteiger partial charge in [-0.05, 0) is 32.9 Å². The molecule has 1 amide bonds. The summed E-state index contributed by atoms with van der Waals surface area (Å²) in [7, 11) is 0. The lowest BCUT2D eigenvalue weighted by molar-refractivity contribution is 0.0529. The van der Waals surface area contributed by atoms with Crippen molar-refractivity contribution in [2.45, 2.75) is 26.4 Å². The number of hydrogen-bond acceptors (Lipinski definition) is 4. The first kappa shape index (κ1) is 17.7. The van der Waals surface area contributed by atoms with Crippen molar-refractivity contribution in [1.82, 2.24) is 5.32 Å². The molecule has 0 aromatic heterocycles. The van der Waals surface area contributed by atoms with Crippen LogP contribution in [0.1, 0.15) is 31.1 Å². The molecule has 0 aliphatic heterocycles. The van der Waals surface area contributed by atoms with Gasteiger partial charge in [-0.2, -0.15) is 0 Å². The molecule has 1 aromatic rings. The number of hydrogen-bond donors (Lipinski definition) is 3. The Labute approximate surface area is 126 Å². The average Bonchev–Trinajstić information content (AvgIpc) is 2.36. The number of aromatic carboxylic acids is 1. The summed E-state index contributed by atoms with van der Waals surface area (Å²) in [6, 6.07) is 2.08. The molecule has 3 N–H and O–H groups in total. The van der Waals surface area contributed by atoms with Gasteiger partial charge in [-0.1, -0.05) is 0 Å². The third kappa shape index (κ3) is 5.19. The van der Waals surface area contributed by atoms with Gasteiger partial charge in [0.05, 0.1) is 11.3 Å². The smallest absolute Gasteiger partial charge is 0.407 e. The van der Waals surface area contributed by atoms with E-state index >= 15 is 0 Å². The maximum Gasteiger partial charge on any atom is 0.407 e. The Bertz CT molecular complexity index is 571. The van der Waals surface area contributed by atoms with Crippen LogP contribution in [0.2, 0.25) is 0 Å². The monoisotopic (exact) mass is 316 g/mol. The van der Waals surface area contributed by atoms with Crippen LogP contribution < -0.4 is 10.6 Å². The standard InChI is InChI=1S/C14H18F2N2O4/c1-14(2,3)22-13(21)18-7-6-17-9-5-4-8(12(19)20)10(15)11(9)16/h4-5,17H,6-7H2,1-3H3,(H,18,21)(H,19,20). The number of benzene rings is 1. The SMILES string of the molecule is CC(C)(C)OC(=O)NCCNc1ccc(C(=O)O)c(F)c1F. The first-order valence-electron chi connectivity index (χ1n) is 6.54. The second kappa shape index (κ2) is 7.06. The molecule has 0 saturated heterocycles. The van der Waals surface area contributed by atoms with Gasteiger partial charge >= 0.3 is 12.1 Å². The van der Waals surface area contributed by atoms with E-state index in [4.69, 9.17) is 9.84 Å². The van der Waals surface area contributed by atoms with Gasteiger partial charge in [0.2, 0.25) is 0 Å². The molecular formula is C14H18F2N2O4. The summed E-state index contributed by atoms with van der Waals surface area (Å²) >= 11 is 0. The first-order valence-corrected chi connectivity index (χ1v) is 6.54. The minimum absolute atomic E-state index is 0.113. The number of carbonyl (C=O) groups excluding carboxylic acids is 1. The van der Waals surface area contributed by atoms with E-state index in [0.717, 1.165) is 12.1 Å². The Hall–Kier alpha value is -2.38. The highest BCUT2D eigenvalue weighted by atomic mass is 19.2. The molecule has 22 heavy (non-hydrogen) atoms. The average molecular weight is 316 g/mol. The zero-order valence-corrected chi connectivity index (χ0v) is 12.5. The van der Waals surface area contributed by atoms with E-state index in [1.165, 1.54) is 0 Å². The second-order valence-electron chi connectivity index (χ2n) is 5.45. The van der Waals surface area contributed by atoms with E-state index < -0.39 is 34.9 Å². The molecule has 0 saturated carbocycles. The van der Waals surface area contributed by atoms with Crippen LogP contribution in [0.3, 0.4) is 0 Å². The summed E-state index contributed by atoms with van der Waals surface area (Å²) in [6.07, 6.45) is -0.623. The lowest BCUT2D eigenvalue weighted by Gasteiger charge is -2.19. The molecule has 0 atom stereocenters. The van der Waals surface area contributed by atoms with Crippen molar-refractivity contribution in [3.63, 3.8) is 0 Å². The third-order valence-corrected chi connectivity index (χ3v) is 2.42. The Balaban J connectivity index is 2.51. The highest BCUT2D eigenvalue weighted by molar-refractivity contribution is 5.88. The molecule has 0 spiro atoms. The van der Waals surface area contributed by atoms with E-state index in [0.29, 0.717) is 0 Å². The fourth-order valence-corrected chi connectivity index (χ4v) is 1.53. The van der Waals surface area contributed by atoms with Gasteiger partial charge < -0.3 is 20.5 Å². The quantitative estimate of drug-likeness (QED) is 0.727. The van der Waals surface area contributed by atoms with Gasteiger partial charge in [0.1, 0.15) is 5.60 Å². The molecule has 0 unspecified atom stereocenters. The number of halogens is 2. The molecular weight excluding hydrogens is 298 g/mol. The number of carbonyl (C=O) groups is 2. The summed E-state index contributed by atoms with van der Waals surface area (Å²) < 4.78 is 32.1. The Kier molecular flexibility index (Phi) is 5.67. The number of carboxylic acid groups (broad SMARTS) is 1. The number of amides is 1. The summed E-state index contributed by atoms with van der Waals surface area (Å²) in [5.74, 6) is -4.26. The van der Waals surface area contributed by atoms with Crippen molar-refractivity contribution in [1.29, 1.82) is 0 Å². The molecule has 0 radical (unpaired) electrons. The van der Waals surface area contributed by atoms with Gasteiger partial charge in [0, 0.05) is 13.1 Å². The van der Waals surface area contributed by atoms with E-state index in [1.807, 2.05) is 0 Å². The largest absolute Gasteiger partial charge is 0.478 e. The maximum absolute atomic E-state index is 13.6. The minimum Gasteiger partial charge on any atom is -0.478 e. The molecule has 0 heterocycles. The number of anilines is 1. The van der Waals surface area contributed by atoms with E-state index in [9.17, 15) is 18.4 Å². The van der Waals surface area contributed by atoms with Crippen molar-refractivity contribution in [2.24, 2.45) is 0 Å². The van der Waals surface area contributed by atoms with Crippen LogP contribution in [0.5, 0.6) is 0 Å². The third-order valence-electron chi connectivity index (χ3n) is 2.42. The van der Waals surface area contributed by atoms with Crippen molar-refractivity contribution >= 4 is 17.7 Å². The second-order valence-corrected chi connectivity index (χ2v) is 5.45. The van der Waals surface area contributed by atoms with Crippen LogP contribution in [0, 0.1) is 11.6 Å². The Morgan fingerprint density at radius 1 is 1.18 bits per heavy atom. The van der Waals surface area contributed by atoms with Gasteiger partial charge in [-0.25, -0.2) is 18.4 Å². The molecule has 6 nitrogen and oxygen atoms in total. The molecule has 8 heteroatoms. The van der Waals surface area contributed by atoms with Gasteiger partial charge in [-0.15, -0.1) is 0 Å². The highest BCUT2D eigenvalue weighted by Gasteiger charge is 2.18. The molecule has 0 fully saturated rings. The number of rotatable bonds is 5. The van der Waals surface area contributed by atoms with Crippen molar-refractivity contribution in [2.75, 3.05) is 18.4 Å². The molecule has 0 aliphatic rings. The van der Waals surface area contributed by atoms with Gasteiger partial charge in [0.25, 0.3) is 0 Å². The van der Waals surface area contributed by atoms with Crippen LogP contribution in [-0.2, 0) is 4.74 Å². The summed E-state index contributed by atoms with van der Waals surface area (Å²) in [4.78, 5) is 22.0. The lowest BCUT2D eigenvalue weighted by Crippen LogP contribution is -2.35.